The lowest BCUT2D eigenvalue weighted by atomic mass is 10.0. The van der Waals surface area contributed by atoms with Gasteiger partial charge in [0.15, 0.2) is 0 Å². The molecule has 0 aliphatic rings. The van der Waals surface area contributed by atoms with Gasteiger partial charge >= 0.3 is 0 Å². The molecule has 166 valence electrons. The summed E-state index contributed by atoms with van der Waals surface area (Å²) in [6, 6.07) is 8.87. The second kappa shape index (κ2) is 9.27. The van der Waals surface area contributed by atoms with Crippen molar-refractivity contribution in [1.29, 1.82) is 0 Å². The molecule has 4 aromatic rings. The van der Waals surface area contributed by atoms with Gasteiger partial charge < -0.3 is 23.8 Å². The van der Waals surface area contributed by atoms with Crippen molar-refractivity contribution in [2.45, 2.75) is 19.4 Å². The van der Waals surface area contributed by atoms with Crippen LogP contribution in [0.4, 0.5) is 0 Å². The molecule has 0 saturated carbocycles. The lowest BCUT2D eigenvalue weighted by molar-refractivity contribution is -0.121. The Hall–Kier alpha value is -3.59. The highest BCUT2D eigenvalue weighted by atomic mass is 32.1. The van der Waals surface area contributed by atoms with Crippen molar-refractivity contribution >= 4 is 17.2 Å². The third kappa shape index (κ3) is 4.52. The van der Waals surface area contributed by atoms with Crippen LogP contribution in [0, 0.1) is 6.92 Å². The smallest absolute Gasteiger partial charge is 0.236 e. The third-order valence-corrected chi connectivity index (χ3v) is 5.94. The number of rotatable bonds is 8. The number of methoxy groups -OCH3 is 2. The van der Waals surface area contributed by atoms with E-state index in [0.29, 0.717) is 34.7 Å². The van der Waals surface area contributed by atoms with Gasteiger partial charge in [-0.05, 0) is 36.1 Å². The molecule has 0 saturated heterocycles. The first-order chi connectivity index (χ1) is 15.5. The van der Waals surface area contributed by atoms with Gasteiger partial charge in [-0.25, -0.2) is 9.97 Å². The number of hydrogen-bond donors (Lipinski definition) is 1. The fourth-order valence-corrected chi connectivity index (χ4v) is 4.06. The second-order valence-corrected chi connectivity index (χ2v) is 8.17. The predicted octanol–water partition coefficient (Wildman–Crippen LogP) is 3.91. The van der Waals surface area contributed by atoms with Crippen molar-refractivity contribution in [3.05, 3.63) is 70.9 Å². The lowest BCUT2D eigenvalue weighted by Gasteiger charge is -2.20. The molecule has 0 fully saturated rings. The summed E-state index contributed by atoms with van der Waals surface area (Å²) in [5, 5.41) is 5.05. The Morgan fingerprint density at radius 1 is 1.25 bits per heavy atom. The van der Waals surface area contributed by atoms with Gasteiger partial charge in [-0.3, -0.25) is 4.79 Å². The van der Waals surface area contributed by atoms with Crippen LogP contribution in [0.5, 0.6) is 11.5 Å². The molecule has 1 aromatic carbocycles. The summed E-state index contributed by atoms with van der Waals surface area (Å²) in [6.07, 6.45) is 3.62. The third-order valence-electron chi connectivity index (χ3n) is 5.08. The van der Waals surface area contributed by atoms with E-state index < -0.39 is 6.04 Å². The molecule has 0 aliphatic heterocycles. The van der Waals surface area contributed by atoms with Crippen LogP contribution < -0.4 is 14.8 Å². The van der Waals surface area contributed by atoms with Crippen molar-refractivity contribution in [1.82, 2.24) is 19.9 Å². The molecule has 0 unspecified atom stereocenters. The number of imidazole rings is 1. The van der Waals surface area contributed by atoms with Crippen molar-refractivity contribution in [2.75, 3.05) is 14.2 Å². The first kappa shape index (κ1) is 21.6. The van der Waals surface area contributed by atoms with Crippen LogP contribution in [-0.2, 0) is 18.3 Å². The van der Waals surface area contributed by atoms with E-state index in [-0.39, 0.29) is 12.3 Å². The first-order valence-electron chi connectivity index (χ1n) is 9.98. The van der Waals surface area contributed by atoms with E-state index >= 15 is 0 Å². The van der Waals surface area contributed by atoms with Gasteiger partial charge in [-0.2, -0.15) is 0 Å². The Balaban J connectivity index is 1.61. The van der Waals surface area contributed by atoms with Crippen LogP contribution in [-0.4, -0.2) is 34.7 Å². The van der Waals surface area contributed by atoms with Crippen molar-refractivity contribution < 1.29 is 18.7 Å². The molecule has 4 rings (SSSR count). The zero-order valence-corrected chi connectivity index (χ0v) is 19.1. The van der Waals surface area contributed by atoms with Crippen LogP contribution in [0.1, 0.15) is 28.9 Å². The van der Waals surface area contributed by atoms with Gasteiger partial charge in [0.25, 0.3) is 0 Å². The molecule has 0 radical (unpaired) electrons. The molecule has 3 heterocycles. The maximum atomic E-state index is 13.1. The number of carbonyl (C=O) groups is 1. The monoisotopic (exact) mass is 452 g/mol. The van der Waals surface area contributed by atoms with Crippen LogP contribution in [0.25, 0.3) is 10.8 Å². The number of hydrogen-bond acceptors (Lipinski definition) is 7. The quantitative estimate of drug-likeness (QED) is 0.436. The summed E-state index contributed by atoms with van der Waals surface area (Å²) >= 11 is 1.54. The minimum atomic E-state index is -0.504. The highest BCUT2D eigenvalue weighted by molar-refractivity contribution is 7.13. The Kier molecular flexibility index (Phi) is 6.27. The van der Waals surface area contributed by atoms with Crippen LogP contribution in [0.15, 0.2) is 52.5 Å². The molecular weight excluding hydrogens is 428 g/mol. The van der Waals surface area contributed by atoms with E-state index in [9.17, 15) is 4.79 Å². The predicted molar refractivity (Wildman–Crippen MR) is 121 cm³/mol. The molecule has 8 nitrogen and oxygen atoms in total. The molecule has 1 atom stereocenters. The Morgan fingerprint density at radius 3 is 2.59 bits per heavy atom. The minimum Gasteiger partial charge on any atom is -0.497 e. The van der Waals surface area contributed by atoms with E-state index in [4.69, 9.17) is 13.9 Å². The van der Waals surface area contributed by atoms with Crippen LogP contribution in [0.2, 0.25) is 0 Å². The van der Waals surface area contributed by atoms with E-state index in [2.05, 4.69) is 15.3 Å². The van der Waals surface area contributed by atoms with Gasteiger partial charge in [-0.15, -0.1) is 11.3 Å². The van der Waals surface area contributed by atoms with E-state index in [1.165, 1.54) is 0 Å². The van der Waals surface area contributed by atoms with Gasteiger partial charge in [0, 0.05) is 25.5 Å². The van der Waals surface area contributed by atoms with Crippen LogP contribution >= 0.6 is 11.3 Å². The highest BCUT2D eigenvalue weighted by Crippen LogP contribution is 2.30. The molecule has 0 aliphatic carbocycles. The lowest BCUT2D eigenvalue weighted by Crippen LogP contribution is -2.32. The molecular formula is C23H24N4O4S. The normalized spacial score (nSPS) is 11.9. The molecule has 32 heavy (non-hydrogen) atoms. The zero-order chi connectivity index (χ0) is 22.7. The number of thiophene rings is 1. The highest BCUT2D eigenvalue weighted by Gasteiger charge is 2.24. The van der Waals surface area contributed by atoms with Crippen molar-refractivity contribution in [3.8, 4) is 22.3 Å². The van der Waals surface area contributed by atoms with Crippen molar-refractivity contribution in [3.63, 3.8) is 0 Å². The van der Waals surface area contributed by atoms with Crippen molar-refractivity contribution in [2.24, 2.45) is 7.05 Å². The molecule has 1 amide bonds. The van der Waals surface area contributed by atoms with Gasteiger partial charge in [0.05, 0.1) is 31.2 Å². The Morgan fingerprint density at radius 2 is 2.00 bits per heavy atom. The number of carbonyl (C=O) groups excluding carboxylic acids is 1. The SMILES string of the molecule is COc1cc(OC)cc([C@H](NC(=O)Cc2nc(-c3cccs3)oc2C)c2nccn2C)c1. The summed E-state index contributed by atoms with van der Waals surface area (Å²) < 4.78 is 18.5. The Labute approximate surface area is 189 Å². The fraction of sp³-hybridized carbons (Fsp3) is 0.261. The largest absolute Gasteiger partial charge is 0.497 e. The number of aromatic nitrogens is 3. The summed E-state index contributed by atoms with van der Waals surface area (Å²) in [7, 11) is 5.06. The number of benzene rings is 1. The average molecular weight is 453 g/mol. The fourth-order valence-electron chi connectivity index (χ4n) is 3.41. The molecule has 3 aromatic heterocycles. The maximum Gasteiger partial charge on any atom is 0.236 e. The average Bonchev–Trinajstić information content (AvgIpc) is 3.54. The van der Waals surface area contributed by atoms with E-state index in [0.717, 1.165) is 10.4 Å². The summed E-state index contributed by atoms with van der Waals surface area (Å²) in [5.41, 5.74) is 1.40. The molecule has 0 spiro atoms. The molecule has 1 N–H and O–H groups in total. The number of ether oxygens (including phenoxy) is 2. The summed E-state index contributed by atoms with van der Waals surface area (Å²) in [6.45, 7) is 1.82. The number of aryl methyl sites for hydroxylation is 2. The standard InChI is InChI=1S/C23H24N4O4S/c1-14-18(25-23(31-14)19-6-5-9-32-19)13-20(28)26-21(22-24-7-8-27(22)2)15-10-16(29-3)12-17(11-15)30-4/h5-12,21H,13H2,1-4H3,(H,26,28)/t21-/m0/s1. The number of oxazole rings is 1. The second-order valence-electron chi connectivity index (χ2n) is 7.22. The summed E-state index contributed by atoms with van der Waals surface area (Å²) in [5.74, 6) is 2.89. The first-order valence-corrected chi connectivity index (χ1v) is 10.9. The van der Waals surface area contributed by atoms with Crippen LogP contribution in [0.3, 0.4) is 0 Å². The summed E-state index contributed by atoms with van der Waals surface area (Å²) in [4.78, 5) is 23.0. The van der Waals surface area contributed by atoms with Gasteiger partial charge in [-0.1, -0.05) is 6.07 Å². The topological polar surface area (TPSA) is 91.4 Å². The van der Waals surface area contributed by atoms with E-state index in [1.54, 1.807) is 37.8 Å². The molecule has 9 heteroatoms. The number of amides is 1. The number of nitrogens with one attached hydrogen (secondary N) is 1. The number of nitrogens with zero attached hydrogens (tertiary/aromatic N) is 3. The zero-order valence-electron chi connectivity index (χ0n) is 18.3. The minimum absolute atomic E-state index is 0.0860. The van der Waals surface area contributed by atoms with Gasteiger partial charge in [0.1, 0.15) is 29.1 Å². The van der Waals surface area contributed by atoms with Gasteiger partial charge in [0.2, 0.25) is 11.8 Å². The van der Waals surface area contributed by atoms with E-state index in [1.807, 2.05) is 54.4 Å². The maximum absolute atomic E-state index is 13.1. The Bertz CT molecular complexity index is 1190. The molecule has 0 bridgehead atoms.